The molecule has 1 heterocycles. The molecular formula is C18H15F3O2S2. The van der Waals surface area contributed by atoms with Gasteiger partial charge in [-0.15, -0.1) is 23.5 Å². The highest BCUT2D eigenvalue weighted by Gasteiger charge is 2.30. The van der Waals surface area contributed by atoms with Crippen molar-refractivity contribution in [1.29, 1.82) is 0 Å². The molecule has 0 aliphatic carbocycles. The molecule has 0 amide bonds. The number of alkyl halides is 3. The highest BCUT2D eigenvalue weighted by atomic mass is 32.2. The van der Waals surface area contributed by atoms with Crippen molar-refractivity contribution in [3.63, 3.8) is 0 Å². The lowest BCUT2D eigenvalue weighted by Gasteiger charge is -2.10. The summed E-state index contributed by atoms with van der Waals surface area (Å²) >= 11 is 3.79. The third-order valence-corrected chi connectivity index (χ3v) is 6.74. The first-order chi connectivity index (χ1) is 11.9. The summed E-state index contributed by atoms with van der Waals surface area (Å²) in [6, 6.07) is 11.9. The van der Waals surface area contributed by atoms with E-state index in [2.05, 4.69) is 0 Å². The molecule has 2 aromatic carbocycles. The summed E-state index contributed by atoms with van der Waals surface area (Å²) in [4.78, 5) is 12.0. The summed E-state index contributed by atoms with van der Waals surface area (Å²) in [6.07, 6.45) is -4.45. The molecule has 2 aromatic rings. The molecule has 0 aromatic heterocycles. The Bertz CT molecular complexity index is 721. The quantitative estimate of drug-likeness (QED) is 0.526. The van der Waals surface area contributed by atoms with Crippen LogP contribution in [0.3, 0.4) is 0 Å². The van der Waals surface area contributed by atoms with Crippen molar-refractivity contribution in [3.05, 3.63) is 65.2 Å². The highest BCUT2D eigenvalue weighted by Crippen LogP contribution is 2.45. The second kappa shape index (κ2) is 7.74. The van der Waals surface area contributed by atoms with E-state index < -0.39 is 17.7 Å². The van der Waals surface area contributed by atoms with Crippen molar-refractivity contribution >= 4 is 29.5 Å². The van der Waals surface area contributed by atoms with Gasteiger partial charge in [0.05, 0.1) is 16.6 Å². The Balaban J connectivity index is 1.57. The standard InChI is InChI=1S/C18H15F3O2S2/c19-18(20,21)14-5-1-12(2-6-14)11-16(22)23-15-7-3-13(4-8-15)17-24-9-10-25-17/h1-8,17H,9-11H2. The van der Waals surface area contributed by atoms with Gasteiger partial charge >= 0.3 is 12.1 Å². The molecule has 132 valence electrons. The van der Waals surface area contributed by atoms with E-state index in [1.54, 1.807) is 12.1 Å². The third-order valence-electron chi connectivity index (χ3n) is 3.64. The van der Waals surface area contributed by atoms with Crippen LogP contribution in [0.4, 0.5) is 13.2 Å². The van der Waals surface area contributed by atoms with Gasteiger partial charge in [-0.05, 0) is 35.4 Å². The van der Waals surface area contributed by atoms with Crippen LogP contribution in [-0.2, 0) is 17.4 Å². The van der Waals surface area contributed by atoms with Gasteiger partial charge in [-0.3, -0.25) is 4.79 Å². The van der Waals surface area contributed by atoms with E-state index in [0.717, 1.165) is 23.6 Å². The van der Waals surface area contributed by atoms with Crippen LogP contribution in [0.2, 0.25) is 0 Å². The molecule has 1 saturated heterocycles. The van der Waals surface area contributed by atoms with Crippen LogP contribution in [0.25, 0.3) is 0 Å². The summed E-state index contributed by atoms with van der Waals surface area (Å²) in [5, 5.41) is 0. The van der Waals surface area contributed by atoms with Crippen LogP contribution in [0.15, 0.2) is 48.5 Å². The number of halogens is 3. The monoisotopic (exact) mass is 384 g/mol. The van der Waals surface area contributed by atoms with Crippen molar-refractivity contribution in [2.24, 2.45) is 0 Å². The molecular weight excluding hydrogens is 369 g/mol. The summed E-state index contributed by atoms with van der Waals surface area (Å²) < 4.78 is 43.2. The number of thioether (sulfide) groups is 2. The van der Waals surface area contributed by atoms with E-state index >= 15 is 0 Å². The second-order valence-corrected chi connectivity index (χ2v) is 8.21. The number of hydrogen-bond donors (Lipinski definition) is 0. The zero-order chi connectivity index (χ0) is 17.9. The molecule has 2 nitrogen and oxygen atoms in total. The highest BCUT2D eigenvalue weighted by molar-refractivity contribution is 8.19. The Kier molecular flexibility index (Phi) is 5.64. The largest absolute Gasteiger partial charge is 0.426 e. The van der Waals surface area contributed by atoms with Crippen molar-refractivity contribution in [3.8, 4) is 5.75 Å². The van der Waals surface area contributed by atoms with Gasteiger partial charge in [0.1, 0.15) is 5.75 Å². The fraction of sp³-hybridized carbons (Fsp3) is 0.278. The number of rotatable bonds is 4. The minimum absolute atomic E-state index is 0.0752. The molecule has 25 heavy (non-hydrogen) atoms. The lowest BCUT2D eigenvalue weighted by Crippen LogP contribution is -2.12. The average Bonchev–Trinajstić information content (AvgIpc) is 3.09. The lowest BCUT2D eigenvalue weighted by atomic mass is 10.1. The van der Waals surface area contributed by atoms with Crippen LogP contribution in [-0.4, -0.2) is 17.5 Å². The molecule has 0 unspecified atom stereocenters. The van der Waals surface area contributed by atoms with E-state index in [1.807, 2.05) is 35.7 Å². The smallest absolute Gasteiger partial charge is 0.416 e. The van der Waals surface area contributed by atoms with Crippen molar-refractivity contribution in [1.82, 2.24) is 0 Å². The SMILES string of the molecule is O=C(Cc1ccc(C(F)(F)F)cc1)Oc1ccc(C2SCCS2)cc1. The average molecular weight is 384 g/mol. The van der Waals surface area contributed by atoms with Gasteiger partial charge in [-0.2, -0.15) is 13.2 Å². The number of hydrogen-bond acceptors (Lipinski definition) is 4. The minimum Gasteiger partial charge on any atom is -0.426 e. The maximum atomic E-state index is 12.5. The van der Waals surface area contributed by atoms with E-state index in [4.69, 9.17) is 4.74 Å². The zero-order valence-electron chi connectivity index (χ0n) is 13.1. The van der Waals surface area contributed by atoms with E-state index in [0.29, 0.717) is 15.9 Å². The Morgan fingerprint density at radius 2 is 1.60 bits per heavy atom. The predicted molar refractivity (Wildman–Crippen MR) is 94.9 cm³/mol. The van der Waals surface area contributed by atoms with Crippen molar-refractivity contribution < 1.29 is 22.7 Å². The molecule has 7 heteroatoms. The van der Waals surface area contributed by atoms with E-state index in [9.17, 15) is 18.0 Å². The number of esters is 1. The van der Waals surface area contributed by atoms with Crippen LogP contribution in [0.5, 0.6) is 5.75 Å². The molecule has 0 N–H and O–H groups in total. The number of benzene rings is 2. The normalized spacial score (nSPS) is 15.3. The van der Waals surface area contributed by atoms with Crippen molar-refractivity contribution in [2.45, 2.75) is 17.2 Å². The second-order valence-electron chi connectivity index (χ2n) is 5.49. The van der Waals surface area contributed by atoms with Gasteiger partial charge in [0.25, 0.3) is 0 Å². The fourth-order valence-electron chi connectivity index (χ4n) is 2.39. The van der Waals surface area contributed by atoms with Crippen LogP contribution in [0.1, 0.15) is 21.3 Å². The molecule has 0 saturated carbocycles. The van der Waals surface area contributed by atoms with E-state index in [-0.39, 0.29) is 6.42 Å². The van der Waals surface area contributed by atoms with Gasteiger partial charge in [0.2, 0.25) is 0 Å². The first-order valence-electron chi connectivity index (χ1n) is 7.62. The maximum absolute atomic E-state index is 12.5. The fourth-order valence-corrected chi connectivity index (χ4v) is 5.25. The molecule has 0 atom stereocenters. The van der Waals surface area contributed by atoms with Gasteiger partial charge in [-0.25, -0.2) is 0 Å². The first kappa shape index (κ1) is 18.2. The van der Waals surface area contributed by atoms with Crippen LogP contribution in [0, 0.1) is 0 Å². The van der Waals surface area contributed by atoms with Crippen LogP contribution >= 0.6 is 23.5 Å². The van der Waals surface area contributed by atoms with Gasteiger partial charge in [0.15, 0.2) is 0 Å². The molecule has 1 aliphatic rings. The topological polar surface area (TPSA) is 26.3 Å². The number of carbonyl (C=O) groups excluding carboxylic acids is 1. The van der Waals surface area contributed by atoms with Gasteiger partial charge in [0, 0.05) is 11.5 Å². The summed E-state index contributed by atoms with van der Waals surface area (Å²) in [5.74, 6) is 2.21. The van der Waals surface area contributed by atoms with Gasteiger partial charge < -0.3 is 4.74 Å². The number of ether oxygens (including phenoxy) is 1. The molecule has 1 fully saturated rings. The maximum Gasteiger partial charge on any atom is 0.416 e. The van der Waals surface area contributed by atoms with Crippen LogP contribution < -0.4 is 4.74 Å². The lowest BCUT2D eigenvalue weighted by molar-refractivity contribution is -0.137. The Hall–Kier alpha value is -1.60. The summed E-state index contributed by atoms with van der Waals surface area (Å²) in [5.41, 5.74) is 0.936. The molecule has 0 bridgehead atoms. The van der Waals surface area contributed by atoms with Gasteiger partial charge in [-0.1, -0.05) is 24.3 Å². The Labute approximate surface area is 152 Å². The molecule has 3 rings (SSSR count). The van der Waals surface area contributed by atoms with E-state index in [1.165, 1.54) is 17.7 Å². The minimum atomic E-state index is -4.38. The molecule has 0 radical (unpaired) electrons. The third kappa shape index (κ3) is 4.95. The first-order valence-corrected chi connectivity index (χ1v) is 9.71. The Morgan fingerprint density at radius 3 is 2.16 bits per heavy atom. The molecule has 0 spiro atoms. The summed E-state index contributed by atoms with van der Waals surface area (Å²) in [6.45, 7) is 0. The Morgan fingerprint density at radius 1 is 1.00 bits per heavy atom. The predicted octanol–water partition coefficient (Wildman–Crippen LogP) is 5.33. The summed E-state index contributed by atoms with van der Waals surface area (Å²) in [7, 11) is 0. The number of carbonyl (C=O) groups is 1. The molecule has 1 aliphatic heterocycles. The zero-order valence-corrected chi connectivity index (χ0v) is 14.7. The van der Waals surface area contributed by atoms with Crippen molar-refractivity contribution in [2.75, 3.05) is 11.5 Å².